The largest absolute Gasteiger partial charge is 0.396 e. The predicted octanol–water partition coefficient (Wildman–Crippen LogP) is 2.37. The molecule has 2 aromatic rings. The molecule has 1 fully saturated rings. The Labute approximate surface area is 140 Å². The molecule has 0 aliphatic carbocycles. The molecule has 0 spiro atoms. The predicted molar refractivity (Wildman–Crippen MR) is 90.1 cm³/mol. The van der Waals surface area contributed by atoms with Crippen LogP contribution in [0.5, 0.6) is 0 Å². The van der Waals surface area contributed by atoms with Gasteiger partial charge in [0.05, 0.1) is 11.4 Å². The van der Waals surface area contributed by atoms with Crippen LogP contribution in [0.2, 0.25) is 0 Å². The van der Waals surface area contributed by atoms with E-state index in [1.54, 1.807) is 17.5 Å². The Morgan fingerprint density at radius 3 is 3.13 bits per heavy atom. The van der Waals surface area contributed by atoms with Gasteiger partial charge in [-0.1, -0.05) is 6.07 Å². The lowest BCUT2D eigenvalue weighted by Crippen LogP contribution is -2.41. The fourth-order valence-electron chi connectivity index (χ4n) is 2.86. The summed E-state index contributed by atoms with van der Waals surface area (Å²) in [6.07, 6.45) is 4.89. The zero-order chi connectivity index (χ0) is 16.1. The molecule has 0 radical (unpaired) electrons. The lowest BCUT2D eigenvalue weighted by Gasteiger charge is -2.31. The Balaban J connectivity index is 1.54. The van der Waals surface area contributed by atoms with Gasteiger partial charge in [0.25, 0.3) is 0 Å². The molecule has 1 unspecified atom stereocenters. The maximum atomic E-state index is 12.3. The summed E-state index contributed by atoms with van der Waals surface area (Å²) in [6.45, 7) is 1.67. The summed E-state index contributed by atoms with van der Waals surface area (Å²) in [4.78, 5) is 23.1. The van der Waals surface area contributed by atoms with Crippen molar-refractivity contribution in [2.45, 2.75) is 25.7 Å². The number of piperidine rings is 1. The second-order valence-corrected chi connectivity index (χ2v) is 6.75. The summed E-state index contributed by atoms with van der Waals surface area (Å²) in [6, 6.07) is 5.77. The van der Waals surface area contributed by atoms with E-state index in [4.69, 9.17) is 0 Å². The van der Waals surface area contributed by atoms with Crippen LogP contribution in [0.15, 0.2) is 29.8 Å². The van der Waals surface area contributed by atoms with Crippen LogP contribution >= 0.6 is 11.3 Å². The Morgan fingerprint density at radius 1 is 1.43 bits per heavy atom. The second-order valence-electron chi connectivity index (χ2n) is 5.89. The number of nitrogens with zero attached hydrogens (tertiary/aromatic N) is 3. The van der Waals surface area contributed by atoms with Crippen molar-refractivity contribution < 1.29 is 9.90 Å². The molecule has 5 nitrogen and oxygen atoms in total. The molecule has 6 heteroatoms. The first-order valence-electron chi connectivity index (χ1n) is 8.00. The summed E-state index contributed by atoms with van der Waals surface area (Å²) in [5.74, 6) is 0.401. The van der Waals surface area contributed by atoms with E-state index in [2.05, 4.69) is 9.97 Å². The topological polar surface area (TPSA) is 66.3 Å². The summed E-state index contributed by atoms with van der Waals surface area (Å²) >= 11 is 1.56. The Hall–Kier alpha value is -1.79. The van der Waals surface area contributed by atoms with Crippen molar-refractivity contribution in [3.05, 3.63) is 35.5 Å². The average molecular weight is 331 g/mol. The highest BCUT2D eigenvalue weighted by molar-refractivity contribution is 7.13. The van der Waals surface area contributed by atoms with E-state index in [-0.39, 0.29) is 18.4 Å². The smallest absolute Gasteiger partial charge is 0.222 e. The first kappa shape index (κ1) is 16.1. The minimum Gasteiger partial charge on any atom is -0.396 e. The highest BCUT2D eigenvalue weighted by Gasteiger charge is 2.22. The molecule has 23 heavy (non-hydrogen) atoms. The normalized spacial score (nSPS) is 18.1. The Bertz CT molecular complexity index is 644. The van der Waals surface area contributed by atoms with Crippen LogP contribution in [0.4, 0.5) is 0 Å². The van der Waals surface area contributed by atoms with E-state index in [0.29, 0.717) is 19.4 Å². The number of aliphatic hydroxyl groups is 1. The van der Waals surface area contributed by atoms with E-state index >= 15 is 0 Å². The van der Waals surface area contributed by atoms with Crippen molar-refractivity contribution in [1.82, 2.24) is 14.9 Å². The number of aliphatic hydroxyl groups excluding tert-OH is 1. The quantitative estimate of drug-likeness (QED) is 0.913. The average Bonchev–Trinajstić information content (AvgIpc) is 3.09. The van der Waals surface area contributed by atoms with Gasteiger partial charge in [-0.3, -0.25) is 9.78 Å². The molecule has 122 valence electrons. The van der Waals surface area contributed by atoms with Crippen LogP contribution in [-0.4, -0.2) is 45.6 Å². The molecule has 1 saturated heterocycles. The number of hydrogen-bond donors (Lipinski definition) is 1. The third-order valence-corrected chi connectivity index (χ3v) is 5.07. The lowest BCUT2D eigenvalue weighted by atomic mass is 9.98. The van der Waals surface area contributed by atoms with E-state index in [9.17, 15) is 9.90 Å². The van der Waals surface area contributed by atoms with Crippen LogP contribution in [0.25, 0.3) is 10.7 Å². The van der Waals surface area contributed by atoms with Gasteiger partial charge in [-0.05, 0) is 37.3 Å². The van der Waals surface area contributed by atoms with Crippen LogP contribution in [0.1, 0.15) is 25.0 Å². The summed E-state index contributed by atoms with van der Waals surface area (Å²) < 4.78 is 0. The molecule has 1 N–H and O–H groups in total. The second kappa shape index (κ2) is 7.66. The minimum atomic E-state index is 0.163. The van der Waals surface area contributed by atoms with Crippen LogP contribution in [0.3, 0.4) is 0 Å². The van der Waals surface area contributed by atoms with Crippen LogP contribution in [-0.2, 0) is 11.2 Å². The summed E-state index contributed by atoms with van der Waals surface area (Å²) in [7, 11) is 0. The maximum Gasteiger partial charge on any atom is 0.222 e. The molecular weight excluding hydrogens is 310 g/mol. The van der Waals surface area contributed by atoms with E-state index in [0.717, 1.165) is 35.8 Å². The molecule has 1 aliphatic rings. The number of hydrogen-bond acceptors (Lipinski definition) is 5. The van der Waals surface area contributed by atoms with Crippen molar-refractivity contribution in [3.8, 4) is 10.7 Å². The molecule has 1 aliphatic heterocycles. The zero-order valence-corrected chi connectivity index (χ0v) is 13.8. The molecule has 1 atom stereocenters. The third-order valence-electron chi connectivity index (χ3n) is 4.16. The van der Waals surface area contributed by atoms with Gasteiger partial charge in [0.2, 0.25) is 5.91 Å². The standard InChI is InChI=1S/C17H21N3O2S/c21-11-13-4-3-9-20(10-13)16(22)7-6-14-12-23-17(19-14)15-5-1-2-8-18-15/h1-2,5,8,12-13,21H,3-4,6-7,9-11H2. The maximum absolute atomic E-state index is 12.3. The number of aryl methyl sites for hydroxylation is 1. The van der Waals surface area contributed by atoms with Gasteiger partial charge < -0.3 is 10.0 Å². The van der Waals surface area contributed by atoms with Gasteiger partial charge in [-0.2, -0.15) is 0 Å². The van der Waals surface area contributed by atoms with E-state index in [1.165, 1.54) is 0 Å². The molecule has 0 aromatic carbocycles. The molecule has 0 saturated carbocycles. The summed E-state index contributed by atoms with van der Waals surface area (Å²) in [5.41, 5.74) is 1.82. The Kier molecular flexibility index (Phi) is 5.35. The fourth-order valence-corrected chi connectivity index (χ4v) is 3.69. The molecule has 3 heterocycles. The SMILES string of the molecule is O=C(CCc1csc(-c2ccccn2)n1)N1CCCC(CO)C1. The number of aromatic nitrogens is 2. The van der Waals surface area contributed by atoms with Gasteiger partial charge in [0, 0.05) is 37.7 Å². The number of pyridine rings is 1. The molecular formula is C17H21N3O2S. The lowest BCUT2D eigenvalue weighted by molar-refractivity contribution is -0.133. The van der Waals surface area contributed by atoms with Crippen LogP contribution in [0, 0.1) is 5.92 Å². The highest BCUT2D eigenvalue weighted by atomic mass is 32.1. The number of carbonyl (C=O) groups is 1. The van der Waals surface area contributed by atoms with Gasteiger partial charge in [-0.15, -0.1) is 11.3 Å². The number of amides is 1. The van der Waals surface area contributed by atoms with Crippen molar-refractivity contribution >= 4 is 17.2 Å². The number of carbonyl (C=O) groups excluding carboxylic acids is 1. The van der Waals surface area contributed by atoms with Crippen LogP contribution < -0.4 is 0 Å². The third kappa shape index (κ3) is 4.14. The van der Waals surface area contributed by atoms with Crippen molar-refractivity contribution in [1.29, 1.82) is 0 Å². The summed E-state index contributed by atoms with van der Waals surface area (Å²) in [5, 5.41) is 12.2. The highest BCUT2D eigenvalue weighted by Crippen LogP contribution is 2.22. The van der Waals surface area contributed by atoms with E-state index in [1.807, 2.05) is 28.5 Å². The monoisotopic (exact) mass is 331 g/mol. The van der Waals surface area contributed by atoms with Gasteiger partial charge >= 0.3 is 0 Å². The first-order chi connectivity index (χ1) is 11.3. The molecule has 2 aromatic heterocycles. The van der Waals surface area contributed by atoms with Gasteiger partial charge in [0.1, 0.15) is 5.01 Å². The van der Waals surface area contributed by atoms with Crippen molar-refractivity contribution in [3.63, 3.8) is 0 Å². The van der Waals surface area contributed by atoms with Crippen molar-refractivity contribution in [2.24, 2.45) is 5.92 Å². The molecule has 3 rings (SSSR count). The minimum absolute atomic E-state index is 0.163. The van der Waals surface area contributed by atoms with E-state index < -0.39 is 0 Å². The van der Waals surface area contributed by atoms with Crippen molar-refractivity contribution in [2.75, 3.05) is 19.7 Å². The number of likely N-dealkylation sites (tertiary alicyclic amines) is 1. The van der Waals surface area contributed by atoms with Gasteiger partial charge in [0.15, 0.2) is 0 Å². The first-order valence-corrected chi connectivity index (χ1v) is 8.88. The zero-order valence-electron chi connectivity index (χ0n) is 13.0. The fraction of sp³-hybridized carbons (Fsp3) is 0.471. The Morgan fingerprint density at radius 2 is 2.35 bits per heavy atom. The van der Waals surface area contributed by atoms with Gasteiger partial charge in [-0.25, -0.2) is 4.98 Å². The number of thiazole rings is 1. The molecule has 0 bridgehead atoms. The number of rotatable bonds is 5. The molecule has 1 amide bonds.